The van der Waals surface area contributed by atoms with Gasteiger partial charge in [-0.1, -0.05) is 22.9 Å². The minimum atomic E-state index is -1.34. The molecule has 1 aromatic carbocycles. The van der Waals surface area contributed by atoms with Gasteiger partial charge in [0.25, 0.3) is 0 Å². The summed E-state index contributed by atoms with van der Waals surface area (Å²) in [5, 5.41) is 21.0. The van der Waals surface area contributed by atoms with Crippen molar-refractivity contribution in [1.82, 2.24) is 10.2 Å². The lowest BCUT2D eigenvalue weighted by molar-refractivity contribution is 0.00785. The zero-order valence-corrected chi connectivity index (χ0v) is 11.5. The molecule has 102 valence electrons. The summed E-state index contributed by atoms with van der Waals surface area (Å²) in [4.78, 5) is 12.3. The molecule has 8 heteroatoms. The van der Waals surface area contributed by atoms with Crippen molar-refractivity contribution in [3.8, 4) is 5.75 Å². The minimum absolute atomic E-state index is 0.0787. The van der Waals surface area contributed by atoms with Gasteiger partial charge >= 0.3 is 0 Å². The van der Waals surface area contributed by atoms with Crippen LogP contribution in [-0.2, 0) is 0 Å². The van der Waals surface area contributed by atoms with Gasteiger partial charge < -0.3 is 15.2 Å². The molecule has 0 aliphatic carbocycles. The Labute approximate surface area is 122 Å². The highest BCUT2D eigenvalue weighted by Gasteiger charge is 2.30. The Morgan fingerprint density at radius 2 is 2.35 bits per heavy atom. The first-order chi connectivity index (χ1) is 9.65. The molecule has 1 aliphatic rings. The van der Waals surface area contributed by atoms with Crippen molar-refractivity contribution >= 4 is 33.9 Å². The van der Waals surface area contributed by atoms with Crippen LogP contribution in [0.15, 0.2) is 35.5 Å². The number of carbonyl (C=O) groups excluding carboxylic acids is 1. The maximum Gasteiger partial charge on any atom is 0.229 e. The SMILES string of the molecule is O=C1/C(=C\Nc2nncs2)C(O)Oc2ccc(Cl)cc21. The van der Waals surface area contributed by atoms with Crippen molar-refractivity contribution in [3.63, 3.8) is 0 Å². The second-order valence-corrected chi connectivity index (χ2v) is 5.20. The van der Waals surface area contributed by atoms with Gasteiger partial charge in [0.05, 0.1) is 11.1 Å². The predicted molar refractivity (Wildman–Crippen MR) is 74.0 cm³/mol. The van der Waals surface area contributed by atoms with Crippen molar-refractivity contribution in [2.24, 2.45) is 0 Å². The summed E-state index contributed by atoms with van der Waals surface area (Å²) in [6.07, 6.45) is 0.0220. The molecule has 2 N–H and O–H groups in total. The number of nitrogens with one attached hydrogen (secondary N) is 1. The van der Waals surface area contributed by atoms with Crippen LogP contribution in [0.2, 0.25) is 5.02 Å². The average molecular weight is 310 g/mol. The number of hydrogen-bond donors (Lipinski definition) is 2. The molecule has 0 fully saturated rings. The normalized spacial score (nSPS) is 19.6. The first kappa shape index (κ1) is 13.0. The molecule has 0 amide bonds. The van der Waals surface area contributed by atoms with Crippen LogP contribution in [0.5, 0.6) is 5.75 Å². The molecule has 3 rings (SSSR count). The Balaban J connectivity index is 1.93. The number of anilines is 1. The Bertz CT molecular complexity index is 687. The molecule has 20 heavy (non-hydrogen) atoms. The molecule has 2 aromatic rings. The van der Waals surface area contributed by atoms with Crippen molar-refractivity contribution in [3.05, 3.63) is 46.1 Å². The molecule has 0 saturated heterocycles. The molecule has 1 atom stereocenters. The fourth-order valence-electron chi connectivity index (χ4n) is 1.75. The molecule has 0 spiro atoms. The van der Waals surface area contributed by atoms with Gasteiger partial charge in [-0.15, -0.1) is 10.2 Å². The highest BCUT2D eigenvalue weighted by atomic mass is 35.5. The summed E-state index contributed by atoms with van der Waals surface area (Å²) in [7, 11) is 0. The summed E-state index contributed by atoms with van der Waals surface area (Å²) >= 11 is 7.13. The number of benzene rings is 1. The summed E-state index contributed by atoms with van der Waals surface area (Å²) in [6.45, 7) is 0. The number of nitrogens with zero attached hydrogens (tertiary/aromatic N) is 2. The topological polar surface area (TPSA) is 84.3 Å². The summed E-state index contributed by atoms with van der Waals surface area (Å²) in [6, 6.07) is 4.65. The summed E-state index contributed by atoms with van der Waals surface area (Å²) < 4.78 is 5.27. The maximum absolute atomic E-state index is 12.3. The fourth-order valence-corrected chi connectivity index (χ4v) is 2.33. The maximum atomic E-state index is 12.3. The van der Waals surface area contributed by atoms with Gasteiger partial charge in [-0.05, 0) is 18.2 Å². The van der Waals surface area contributed by atoms with Gasteiger partial charge in [-0.2, -0.15) is 0 Å². The second kappa shape index (κ2) is 5.20. The van der Waals surface area contributed by atoms with E-state index in [0.717, 1.165) is 0 Å². The van der Waals surface area contributed by atoms with E-state index in [1.54, 1.807) is 17.6 Å². The van der Waals surface area contributed by atoms with Gasteiger partial charge in [0.2, 0.25) is 17.2 Å². The van der Waals surface area contributed by atoms with Crippen LogP contribution >= 0.6 is 22.9 Å². The molecule has 2 heterocycles. The number of carbonyl (C=O) groups is 1. The third-order valence-electron chi connectivity index (χ3n) is 2.66. The Kier molecular flexibility index (Phi) is 3.39. The van der Waals surface area contributed by atoms with Gasteiger partial charge in [-0.3, -0.25) is 4.79 Å². The lowest BCUT2D eigenvalue weighted by atomic mass is 10.00. The number of rotatable bonds is 2. The average Bonchev–Trinajstić information content (AvgIpc) is 2.93. The van der Waals surface area contributed by atoms with Gasteiger partial charge in [0.1, 0.15) is 11.3 Å². The van der Waals surface area contributed by atoms with E-state index in [2.05, 4.69) is 15.5 Å². The summed E-state index contributed by atoms with van der Waals surface area (Å²) in [5.74, 6) is -0.0433. The minimum Gasteiger partial charge on any atom is -0.460 e. The number of aliphatic hydroxyl groups is 1. The molecule has 6 nitrogen and oxygen atoms in total. The monoisotopic (exact) mass is 309 g/mol. The number of fused-ring (bicyclic) bond motifs is 1. The van der Waals surface area contributed by atoms with Crippen LogP contribution in [0.4, 0.5) is 5.13 Å². The van der Waals surface area contributed by atoms with E-state index in [1.807, 2.05) is 0 Å². The van der Waals surface area contributed by atoms with Gasteiger partial charge in [-0.25, -0.2) is 0 Å². The number of ether oxygens (including phenoxy) is 1. The highest BCUT2D eigenvalue weighted by molar-refractivity contribution is 7.13. The van der Waals surface area contributed by atoms with E-state index in [1.165, 1.54) is 23.6 Å². The third kappa shape index (κ3) is 2.38. The first-order valence-corrected chi connectivity index (χ1v) is 6.82. The first-order valence-electron chi connectivity index (χ1n) is 5.57. The Morgan fingerprint density at radius 1 is 1.50 bits per heavy atom. The molecule has 0 bridgehead atoms. The Morgan fingerprint density at radius 3 is 3.10 bits per heavy atom. The number of hydrogen-bond acceptors (Lipinski definition) is 7. The van der Waals surface area contributed by atoms with Gasteiger partial charge in [0, 0.05) is 11.2 Å². The van der Waals surface area contributed by atoms with Crippen LogP contribution in [-0.4, -0.2) is 27.4 Å². The molecule has 1 aliphatic heterocycles. The van der Waals surface area contributed by atoms with Crippen LogP contribution < -0.4 is 10.1 Å². The Hall–Kier alpha value is -1.96. The fraction of sp³-hybridized carbons (Fsp3) is 0.0833. The van der Waals surface area contributed by atoms with Gasteiger partial charge in [0.15, 0.2) is 0 Å². The predicted octanol–water partition coefficient (Wildman–Crippen LogP) is 2.08. The molecule has 1 unspecified atom stereocenters. The molecular weight excluding hydrogens is 302 g/mol. The van der Waals surface area contributed by atoms with E-state index < -0.39 is 6.29 Å². The molecule has 0 radical (unpaired) electrons. The lowest BCUT2D eigenvalue weighted by Gasteiger charge is -2.23. The van der Waals surface area contributed by atoms with E-state index in [4.69, 9.17) is 16.3 Å². The van der Waals surface area contributed by atoms with E-state index in [9.17, 15) is 9.90 Å². The van der Waals surface area contributed by atoms with Crippen LogP contribution in [0.25, 0.3) is 0 Å². The zero-order chi connectivity index (χ0) is 14.1. The quantitative estimate of drug-likeness (QED) is 0.826. The molecule has 1 aromatic heterocycles. The van der Waals surface area contributed by atoms with Crippen LogP contribution in [0.3, 0.4) is 0 Å². The van der Waals surface area contributed by atoms with Crippen LogP contribution in [0.1, 0.15) is 10.4 Å². The number of halogens is 1. The summed E-state index contributed by atoms with van der Waals surface area (Å²) in [5.41, 5.74) is 1.94. The van der Waals surface area contributed by atoms with E-state index >= 15 is 0 Å². The number of aromatic nitrogens is 2. The zero-order valence-electron chi connectivity index (χ0n) is 9.91. The molecule has 0 saturated carbocycles. The third-order valence-corrected chi connectivity index (χ3v) is 3.52. The van der Waals surface area contributed by atoms with Crippen molar-refractivity contribution in [1.29, 1.82) is 0 Å². The van der Waals surface area contributed by atoms with Crippen molar-refractivity contribution < 1.29 is 14.6 Å². The molecular formula is C12H8ClN3O3S. The van der Waals surface area contributed by atoms with Crippen molar-refractivity contribution in [2.75, 3.05) is 5.32 Å². The van der Waals surface area contributed by atoms with Crippen molar-refractivity contribution in [2.45, 2.75) is 6.29 Å². The standard InChI is InChI=1S/C12H8ClN3O3S/c13-6-1-2-9-7(3-6)10(17)8(11(18)19-9)4-14-12-16-15-5-20-12/h1-5,11,18H,(H,14,16)/b8-4+. The van der Waals surface area contributed by atoms with Crippen LogP contribution in [0, 0.1) is 0 Å². The largest absolute Gasteiger partial charge is 0.460 e. The second-order valence-electron chi connectivity index (χ2n) is 3.93. The smallest absolute Gasteiger partial charge is 0.229 e. The lowest BCUT2D eigenvalue weighted by Crippen LogP contribution is -2.30. The van der Waals surface area contributed by atoms with E-state index in [0.29, 0.717) is 21.5 Å². The highest BCUT2D eigenvalue weighted by Crippen LogP contribution is 2.31. The number of Topliss-reactive ketones (excluding diaryl/α,β-unsaturated/α-hetero) is 1. The van der Waals surface area contributed by atoms with E-state index in [-0.39, 0.29) is 11.4 Å². The number of ketones is 1. The number of aliphatic hydroxyl groups excluding tert-OH is 1.